The zero-order valence-corrected chi connectivity index (χ0v) is 12.9. The largest absolute Gasteiger partial charge is 0.383 e. The van der Waals surface area contributed by atoms with Crippen molar-refractivity contribution in [1.82, 2.24) is 19.8 Å². The number of carbonyl (C=O) groups excluding carboxylic acids is 1. The van der Waals surface area contributed by atoms with Crippen molar-refractivity contribution in [2.24, 2.45) is 0 Å². The second kappa shape index (κ2) is 6.82. The fourth-order valence-corrected chi connectivity index (χ4v) is 3.16. The van der Waals surface area contributed by atoms with E-state index in [0.717, 1.165) is 4.31 Å². The topological polar surface area (TPSA) is 104 Å². The summed E-state index contributed by atoms with van der Waals surface area (Å²) in [6, 6.07) is 0. The number of aryl methyl sites for hydroxylation is 2. The Hall–Kier alpha value is -1.45. The van der Waals surface area contributed by atoms with Gasteiger partial charge in [-0.3, -0.25) is 9.89 Å². The number of aromatic amines is 1. The number of hydrogen-bond acceptors (Lipinski definition) is 5. The van der Waals surface area contributed by atoms with Crippen LogP contribution in [0.4, 0.5) is 0 Å². The maximum atomic E-state index is 12.4. The summed E-state index contributed by atoms with van der Waals surface area (Å²) in [5.74, 6) is -0.382. The van der Waals surface area contributed by atoms with Gasteiger partial charge in [-0.1, -0.05) is 0 Å². The lowest BCUT2D eigenvalue weighted by Crippen LogP contribution is -2.39. The van der Waals surface area contributed by atoms with E-state index in [9.17, 15) is 13.2 Å². The number of amides is 1. The fraction of sp³-hybridized carbons (Fsp3) is 0.636. The van der Waals surface area contributed by atoms with Gasteiger partial charge < -0.3 is 10.1 Å². The summed E-state index contributed by atoms with van der Waals surface area (Å²) < 4.78 is 30.5. The summed E-state index contributed by atoms with van der Waals surface area (Å²) in [7, 11) is -0.856. The van der Waals surface area contributed by atoms with Gasteiger partial charge in [-0.25, -0.2) is 8.42 Å². The van der Waals surface area contributed by atoms with Gasteiger partial charge in [0.25, 0.3) is 0 Å². The van der Waals surface area contributed by atoms with E-state index >= 15 is 0 Å². The number of nitrogens with zero attached hydrogens (tertiary/aromatic N) is 2. The van der Waals surface area contributed by atoms with Gasteiger partial charge >= 0.3 is 0 Å². The lowest BCUT2D eigenvalue weighted by molar-refractivity contribution is -0.121. The SMILES string of the molecule is COCCNC(=O)CN(C)S(=O)(=O)c1c(C)n[nH]c1C. The fourth-order valence-electron chi connectivity index (χ4n) is 1.71. The van der Waals surface area contributed by atoms with Crippen LogP contribution in [0.15, 0.2) is 4.90 Å². The molecular formula is C11H20N4O4S. The minimum atomic E-state index is -3.74. The third kappa shape index (κ3) is 3.78. The number of likely N-dealkylation sites (N-methyl/N-ethyl adjacent to an activating group) is 1. The van der Waals surface area contributed by atoms with E-state index in [4.69, 9.17) is 4.74 Å². The Morgan fingerprint density at radius 1 is 1.45 bits per heavy atom. The highest BCUT2D eigenvalue weighted by Gasteiger charge is 2.28. The third-order valence-electron chi connectivity index (χ3n) is 2.72. The van der Waals surface area contributed by atoms with Crippen molar-refractivity contribution in [2.45, 2.75) is 18.7 Å². The molecule has 1 heterocycles. The van der Waals surface area contributed by atoms with Crippen LogP contribution < -0.4 is 5.32 Å². The van der Waals surface area contributed by atoms with Gasteiger partial charge in [0, 0.05) is 20.7 Å². The normalized spacial score (nSPS) is 11.8. The van der Waals surface area contributed by atoms with E-state index in [1.165, 1.54) is 14.2 Å². The van der Waals surface area contributed by atoms with Gasteiger partial charge in [0.15, 0.2) is 0 Å². The molecular weight excluding hydrogens is 284 g/mol. The first-order chi connectivity index (χ1) is 9.30. The summed E-state index contributed by atoms with van der Waals surface area (Å²) in [4.78, 5) is 11.7. The van der Waals surface area contributed by atoms with Crippen molar-refractivity contribution in [3.8, 4) is 0 Å². The van der Waals surface area contributed by atoms with Crippen molar-refractivity contribution in [2.75, 3.05) is 33.9 Å². The van der Waals surface area contributed by atoms with E-state index in [1.807, 2.05) is 0 Å². The van der Waals surface area contributed by atoms with Crippen molar-refractivity contribution >= 4 is 15.9 Å². The van der Waals surface area contributed by atoms with Gasteiger partial charge in [0.2, 0.25) is 15.9 Å². The van der Waals surface area contributed by atoms with Crippen LogP contribution >= 0.6 is 0 Å². The number of ether oxygens (including phenoxy) is 1. The molecule has 1 rings (SSSR count). The lowest BCUT2D eigenvalue weighted by atomic mass is 10.4. The quantitative estimate of drug-likeness (QED) is 0.655. The first-order valence-corrected chi connectivity index (χ1v) is 7.48. The van der Waals surface area contributed by atoms with E-state index in [-0.39, 0.29) is 17.3 Å². The molecule has 2 N–H and O–H groups in total. The zero-order valence-electron chi connectivity index (χ0n) is 12.1. The molecule has 0 spiro atoms. The van der Waals surface area contributed by atoms with E-state index in [2.05, 4.69) is 15.5 Å². The molecule has 1 amide bonds. The number of methoxy groups -OCH3 is 1. The molecule has 9 heteroatoms. The highest BCUT2D eigenvalue weighted by molar-refractivity contribution is 7.89. The van der Waals surface area contributed by atoms with Crippen LogP contribution in [0.5, 0.6) is 0 Å². The molecule has 8 nitrogen and oxygen atoms in total. The van der Waals surface area contributed by atoms with Crippen LogP contribution in [0.25, 0.3) is 0 Å². The summed E-state index contributed by atoms with van der Waals surface area (Å²) in [5, 5.41) is 9.04. The summed E-state index contributed by atoms with van der Waals surface area (Å²) in [5.41, 5.74) is 0.836. The molecule has 0 aliphatic carbocycles. The lowest BCUT2D eigenvalue weighted by Gasteiger charge is -2.16. The zero-order chi connectivity index (χ0) is 15.3. The summed E-state index contributed by atoms with van der Waals surface area (Å²) >= 11 is 0. The second-order valence-corrected chi connectivity index (χ2v) is 6.35. The minimum Gasteiger partial charge on any atom is -0.383 e. The Morgan fingerprint density at radius 2 is 2.10 bits per heavy atom. The Morgan fingerprint density at radius 3 is 2.60 bits per heavy atom. The molecule has 114 valence electrons. The molecule has 0 bridgehead atoms. The monoisotopic (exact) mass is 304 g/mol. The molecule has 0 atom stereocenters. The molecule has 0 aliphatic rings. The van der Waals surface area contributed by atoms with Crippen LogP contribution in [0.2, 0.25) is 0 Å². The first-order valence-electron chi connectivity index (χ1n) is 6.04. The molecule has 0 unspecified atom stereocenters. The molecule has 1 aromatic heterocycles. The molecule has 0 fully saturated rings. The Labute approximate surface area is 118 Å². The predicted molar refractivity (Wildman–Crippen MR) is 72.8 cm³/mol. The van der Waals surface area contributed by atoms with Crippen LogP contribution in [-0.2, 0) is 19.6 Å². The number of aromatic nitrogens is 2. The van der Waals surface area contributed by atoms with E-state index in [1.54, 1.807) is 13.8 Å². The smallest absolute Gasteiger partial charge is 0.246 e. The van der Waals surface area contributed by atoms with Crippen molar-refractivity contribution in [3.63, 3.8) is 0 Å². The highest BCUT2D eigenvalue weighted by Crippen LogP contribution is 2.20. The van der Waals surface area contributed by atoms with E-state index < -0.39 is 10.0 Å². The molecule has 0 aromatic carbocycles. The number of nitrogens with one attached hydrogen (secondary N) is 2. The van der Waals surface area contributed by atoms with Gasteiger partial charge in [-0.05, 0) is 13.8 Å². The number of carbonyl (C=O) groups is 1. The average Bonchev–Trinajstić information content (AvgIpc) is 2.69. The molecule has 0 saturated carbocycles. The van der Waals surface area contributed by atoms with Crippen molar-refractivity contribution < 1.29 is 17.9 Å². The Bertz CT molecular complexity index is 547. The average molecular weight is 304 g/mol. The van der Waals surface area contributed by atoms with Crippen LogP contribution in [0.3, 0.4) is 0 Å². The molecule has 20 heavy (non-hydrogen) atoms. The maximum absolute atomic E-state index is 12.4. The summed E-state index contributed by atoms with van der Waals surface area (Å²) in [6.07, 6.45) is 0. The number of H-pyrrole nitrogens is 1. The number of rotatable bonds is 7. The van der Waals surface area contributed by atoms with Crippen LogP contribution in [0, 0.1) is 13.8 Å². The minimum absolute atomic E-state index is 0.115. The van der Waals surface area contributed by atoms with Crippen molar-refractivity contribution in [1.29, 1.82) is 0 Å². The van der Waals surface area contributed by atoms with Crippen LogP contribution in [0.1, 0.15) is 11.4 Å². The molecule has 0 radical (unpaired) electrons. The number of sulfonamides is 1. The van der Waals surface area contributed by atoms with E-state index in [0.29, 0.717) is 24.5 Å². The van der Waals surface area contributed by atoms with Gasteiger partial charge in [0.05, 0.1) is 24.5 Å². The van der Waals surface area contributed by atoms with Crippen molar-refractivity contribution in [3.05, 3.63) is 11.4 Å². The van der Waals surface area contributed by atoms with Gasteiger partial charge in [-0.2, -0.15) is 9.40 Å². The first kappa shape index (κ1) is 16.6. The Balaban J connectivity index is 2.76. The van der Waals surface area contributed by atoms with Gasteiger partial charge in [-0.15, -0.1) is 0 Å². The van der Waals surface area contributed by atoms with Gasteiger partial charge in [0.1, 0.15) is 4.90 Å². The maximum Gasteiger partial charge on any atom is 0.246 e. The molecule has 0 aliphatic heterocycles. The van der Waals surface area contributed by atoms with Crippen LogP contribution in [-0.4, -0.2) is 62.7 Å². The Kier molecular flexibility index (Phi) is 5.66. The predicted octanol–water partition coefficient (Wildman–Crippen LogP) is -0.590. The molecule has 1 aromatic rings. The highest BCUT2D eigenvalue weighted by atomic mass is 32.2. The summed E-state index contributed by atoms with van der Waals surface area (Å²) in [6.45, 7) is 3.69. The molecule has 0 saturated heterocycles. The second-order valence-electron chi connectivity index (χ2n) is 4.37. The number of hydrogen-bond donors (Lipinski definition) is 2. The standard InChI is InChI=1S/C11H20N4O4S/c1-8-11(9(2)14-13-8)20(17,18)15(3)7-10(16)12-5-6-19-4/h5-7H2,1-4H3,(H,12,16)(H,13,14). The third-order valence-corrected chi connectivity index (χ3v) is 4.79.